The van der Waals surface area contributed by atoms with Crippen LogP contribution in [0.2, 0.25) is 0 Å². The fourth-order valence-electron chi connectivity index (χ4n) is 0.489. The minimum Gasteiger partial charge on any atom is -0.0999 e. The Bertz CT molecular complexity index is 114. The monoisotopic (exact) mass is 144 g/mol. The molecule has 0 rings (SSSR count). The molecule has 0 spiro atoms. The summed E-state index contributed by atoms with van der Waals surface area (Å²) in [5.74, 6) is 0. The normalized spacial score (nSPS) is 9.11. The maximum Gasteiger partial charge on any atom is 0.0112 e. The van der Waals surface area contributed by atoms with Crippen molar-refractivity contribution in [1.82, 2.24) is 0 Å². The summed E-state index contributed by atoms with van der Waals surface area (Å²) < 4.78 is 0. The molecule has 52 valence electrons. The molecule has 0 aromatic carbocycles. The summed E-state index contributed by atoms with van der Waals surface area (Å²) in [6, 6.07) is 0. The van der Waals surface area contributed by atoms with Gasteiger partial charge >= 0.3 is 0 Å². The van der Waals surface area contributed by atoms with Gasteiger partial charge in [0.05, 0.1) is 0 Å². The predicted octanol–water partition coefficient (Wildman–Crippen LogP) is 3.49. The standard InChI is InChI=1S/C8H13Cl/c1-4-7(2)5-6-8(3)9/h2-6H2,1H3. The summed E-state index contributed by atoms with van der Waals surface area (Å²) in [7, 11) is 0. The lowest BCUT2D eigenvalue weighted by molar-refractivity contribution is 0.907. The van der Waals surface area contributed by atoms with E-state index in [-0.39, 0.29) is 0 Å². The molecular formula is C8H13Cl. The second kappa shape index (κ2) is 4.63. The summed E-state index contributed by atoms with van der Waals surface area (Å²) in [6.07, 6.45) is 2.90. The van der Waals surface area contributed by atoms with Gasteiger partial charge in [-0.2, -0.15) is 0 Å². The van der Waals surface area contributed by atoms with Crippen molar-refractivity contribution in [2.75, 3.05) is 0 Å². The molecular weight excluding hydrogens is 132 g/mol. The summed E-state index contributed by atoms with van der Waals surface area (Å²) in [5, 5.41) is 0.726. The molecule has 0 aliphatic heterocycles. The van der Waals surface area contributed by atoms with Crippen molar-refractivity contribution in [2.24, 2.45) is 0 Å². The molecule has 0 radical (unpaired) electrons. The molecule has 1 heteroatoms. The molecule has 0 saturated carbocycles. The first-order chi connectivity index (χ1) is 4.16. The first-order valence-electron chi connectivity index (χ1n) is 3.16. The van der Waals surface area contributed by atoms with Gasteiger partial charge in [-0.1, -0.05) is 37.3 Å². The minimum atomic E-state index is 0.726. The molecule has 0 atom stereocenters. The SMILES string of the molecule is C=C(Cl)CCC(=C)CC. The maximum atomic E-state index is 5.54. The molecule has 0 aromatic rings. The topological polar surface area (TPSA) is 0 Å². The zero-order valence-corrected chi connectivity index (χ0v) is 6.67. The zero-order chi connectivity index (χ0) is 7.28. The summed E-state index contributed by atoms with van der Waals surface area (Å²) in [5.41, 5.74) is 1.25. The smallest absolute Gasteiger partial charge is 0.0112 e. The van der Waals surface area contributed by atoms with Gasteiger partial charge < -0.3 is 0 Å². The van der Waals surface area contributed by atoms with E-state index in [4.69, 9.17) is 11.6 Å². The van der Waals surface area contributed by atoms with Crippen LogP contribution >= 0.6 is 11.6 Å². The van der Waals surface area contributed by atoms with Crippen LogP contribution < -0.4 is 0 Å². The van der Waals surface area contributed by atoms with Crippen LogP contribution in [-0.4, -0.2) is 0 Å². The number of allylic oxidation sites excluding steroid dienone is 2. The average molecular weight is 145 g/mol. The predicted molar refractivity (Wildman–Crippen MR) is 43.7 cm³/mol. The van der Waals surface area contributed by atoms with Gasteiger partial charge in [-0.05, 0) is 19.3 Å². The van der Waals surface area contributed by atoms with E-state index in [1.165, 1.54) is 5.57 Å². The van der Waals surface area contributed by atoms with Crippen molar-refractivity contribution in [3.8, 4) is 0 Å². The van der Waals surface area contributed by atoms with Crippen LogP contribution in [0.1, 0.15) is 26.2 Å². The van der Waals surface area contributed by atoms with Crippen LogP contribution in [0.15, 0.2) is 23.8 Å². The lowest BCUT2D eigenvalue weighted by Gasteiger charge is -1.98. The molecule has 0 nitrogen and oxygen atoms in total. The highest BCUT2D eigenvalue weighted by Crippen LogP contribution is 2.13. The molecule has 9 heavy (non-hydrogen) atoms. The second-order valence-corrected chi connectivity index (χ2v) is 2.66. The van der Waals surface area contributed by atoms with Gasteiger partial charge in [0, 0.05) is 5.03 Å². The van der Waals surface area contributed by atoms with Crippen LogP contribution in [-0.2, 0) is 0 Å². The van der Waals surface area contributed by atoms with Crippen molar-refractivity contribution < 1.29 is 0 Å². The Balaban J connectivity index is 3.28. The fraction of sp³-hybridized carbons (Fsp3) is 0.500. The Labute approximate surface area is 62.2 Å². The van der Waals surface area contributed by atoms with Crippen LogP contribution in [0, 0.1) is 0 Å². The van der Waals surface area contributed by atoms with Gasteiger partial charge in [0.1, 0.15) is 0 Å². The van der Waals surface area contributed by atoms with E-state index in [1.807, 2.05) is 0 Å². The second-order valence-electron chi connectivity index (χ2n) is 2.12. The quantitative estimate of drug-likeness (QED) is 0.530. The highest BCUT2D eigenvalue weighted by atomic mass is 35.5. The third kappa shape index (κ3) is 5.64. The first kappa shape index (κ1) is 8.77. The van der Waals surface area contributed by atoms with E-state index >= 15 is 0 Å². The lowest BCUT2D eigenvalue weighted by Crippen LogP contribution is -1.78. The van der Waals surface area contributed by atoms with E-state index in [0.29, 0.717) is 0 Å². The zero-order valence-electron chi connectivity index (χ0n) is 5.91. The van der Waals surface area contributed by atoms with Crippen LogP contribution in [0.3, 0.4) is 0 Å². The van der Waals surface area contributed by atoms with Crippen molar-refractivity contribution in [2.45, 2.75) is 26.2 Å². The molecule has 0 bridgehead atoms. The molecule has 0 saturated heterocycles. The lowest BCUT2D eigenvalue weighted by atomic mass is 10.1. The van der Waals surface area contributed by atoms with Crippen LogP contribution in [0.25, 0.3) is 0 Å². The fourth-order valence-corrected chi connectivity index (χ4v) is 0.584. The molecule has 0 unspecified atom stereocenters. The van der Waals surface area contributed by atoms with Gasteiger partial charge in [0.25, 0.3) is 0 Å². The van der Waals surface area contributed by atoms with E-state index in [0.717, 1.165) is 24.3 Å². The molecule has 0 fully saturated rings. The summed E-state index contributed by atoms with van der Waals surface area (Å²) in [4.78, 5) is 0. The van der Waals surface area contributed by atoms with E-state index in [9.17, 15) is 0 Å². The van der Waals surface area contributed by atoms with Crippen molar-refractivity contribution in [3.05, 3.63) is 23.8 Å². The third-order valence-corrected chi connectivity index (χ3v) is 1.44. The number of hydrogen-bond acceptors (Lipinski definition) is 0. The van der Waals surface area contributed by atoms with E-state index < -0.39 is 0 Å². The van der Waals surface area contributed by atoms with Crippen molar-refractivity contribution >= 4 is 11.6 Å². The largest absolute Gasteiger partial charge is 0.0999 e. The average Bonchev–Trinajstić information content (AvgIpc) is 1.83. The van der Waals surface area contributed by atoms with Gasteiger partial charge in [0.15, 0.2) is 0 Å². The van der Waals surface area contributed by atoms with Gasteiger partial charge in [-0.15, -0.1) is 0 Å². The van der Waals surface area contributed by atoms with Crippen LogP contribution in [0.4, 0.5) is 0 Å². The van der Waals surface area contributed by atoms with Gasteiger partial charge in [-0.3, -0.25) is 0 Å². The summed E-state index contributed by atoms with van der Waals surface area (Å²) >= 11 is 5.54. The van der Waals surface area contributed by atoms with E-state index in [1.54, 1.807) is 0 Å². The molecule has 0 aliphatic carbocycles. The van der Waals surface area contributed by atoms with Gasteiger partial charge in [-0.25, -0.2) is 0 Å². The number of halogens is 1. The summed E-state index contributed by atoms with van der Waals surface area (Å²) in [6.45, 7) is 9.53. The number of hydrogen-bond donors (Lipinski definition) is 0. The van der Waals surface area contributed by atoms with E-state index in [2.05, 4.69) is 20.1 Å². The first-order valence-corrected chi connectivity index (χ1v) is 3.54. The van der Waals surface area contributed by atoms with Gasteiger partial charge in [0.2, 0.25) is 0 Å². The highest BCUT2D eigenvalue weighted by molar-refractivity contribution is 6.29. The third-order valence-electron chi connectivity index (χ3n) is 1.25. The molecule has 0 N–H and O–H groups in total. The molecule has 0 amide bonds. The molecule has 0 aliphatic rings. The van der Waals surface area contributed by atoms with Crippen molar-refractivity contribution in [3.63, 3.8) is 0 Å². The molecule has 0 heterocycles. The number of rotatable bonds is 4. The molecule has 0 aromatic heterocycles. The van der Waals surface area contributed by atoms with Crippen LogP contribution in [0.5, 0.6) is 0 Å². The Morgan fingerprint density at radius 1 is 1.33 bits per heavy atom. The Morgan fingerprint density at radius 3 is 2.22 bits per heavy atom. The Kier molecular flexibility index (Phi) is 4.51. The minimum absolute atomic E-state index is 0.726. The Hall–Kier alpha value is -0.230. The Morgan fingerprint density at radius 2 is 1.89 bits per heavy atom. The van der Waals surface area contributed by atoms with Crippen molar-refractivity contribution in [1.29, 1.82) is 0 Å². The maximum absolute atomic E-state index is 5.54. The highest BCUT2D eigenvalue weighted by Gasteiger charge is 1.91.